The molecular formula is C22H30O3S. The highest BCUT2D eigenvalue weighted by atomic mass is 32.2. The molecule has 0 spiro atoms. The molecule has 0 radical (unpaired) electrons. The summed E-state index contributed by atoms with van der Waals surface area (Å²) >= 11 is 2.01. The lowest BCUT2D eigenvalue weighted by atomic mass is 9.85. The minimum Gasteiger partial charge on any atom is -0.478 e. The van der Waals surface area contributed by atoms with Crippen molar-refractivity contribution in [2.45, 2.75) is 44.6 Å². The molecule has 2 N–H and O–H groups in total. The first-order valence-electron chi connectivity index (χ1n) is 9.43. The topological polar surface area (TPSA) is 57.5 Å². The number of hydrogen-bond acceptors (Lipinski definition) is 3. The first-order valence-corrected chi connectivity index (χ1v) is 10.6. The smallest absolute Gasteiger partial charge is 0.327 e. The van der Waals surface area contributed by atoms with Crippen LogP contribution in [0.15, 0.2) is 54.6 Å². The van der Waals surface area contributed by atoms with Crippen molar-refractivity contribution in [3.8, 4) is 0 Å². The SMILES string of the molecule is CC(c1ccccc1)C(O)CC[C@H]1CSC[C@H]1CC=CCC=CC(=O)O. The Morgan fingerprint density at radius 1 is 1.19 bits per heavy atom. The summed E-state index contributed by atoms with van der Waals surface area (Å²) in [4.78, 5) is 10.4. The molecule has 2 rings (SSSR count). The van der Waals surface area contributed by atoms with Gasteiger partial charge in [0.1, 0.15) is 0 Å². The van der Waals surface area contributed by atoms with Crippen molar-refractivity contribution in [3.05, 3.63) is 60.2 Å². The Hall–Kier alpha value is -1.52. The fourth-order valence-electron chi connectivity index (χ4n) is 3.45. The molecule has 26 heavy (non-hydrogen) atoms. The molecule has 3 nitrogen and oxygen atoms in total. The Morgan fingerprint density at radius 3 is 2.65 bits per heavy atom. The van der Waals surface area contributed by atoms with E-state index in [1.165, 1.54) is 23.1 Å². The van der Waals surface area contributed by atoms with E-state index in [1.54, 1.807) is 6.08 Å². The molecule has 1 aromatic rings. The van der Waals surface area contributed by atoms with Crippen molar-refractivity contribution in [3.63, 3.8) is 0 Å². The minimum absolute atomic E-state index is 0.171. The number of carboxylic acids is 1. The molecule has 1 fully saturated rings. The van der Waals surface area contributed by atoms with Crippen molar-refractivity contribution in [1.82, 2.24) is 0 Å². The molecule has 0 amide bonds. The second-order valence-corrected chi connectivity index (χ2v) is 8.16. The lowest BCUT2D eigenvalue weighted by molar-refractivity contribution is -0.131. The van der Waals surface area contributed by atoms with Gasteiger partial charge in [-0.05, 0) is 54.6 Å². The molecule has 0 aromatic heterocycles. The van der Waals surface area contributed by atoms with Crippen LogP contribution in [0.2, 0.25) is 0 Å². The van der Waals surface area contributed by atoms with E-state index in [9.17, 15) is 9.90 Å². The maximum Gasteiger partial charge on any atom is 0.327 e. The summed E-state index contributed by atoms with van der Waals surface area (Å²) in [6.45, 7) is 2.11. The summed E-state index contributed by atoms with van der Waals surface area (Å²) < 4.78 is 0. The zero-order chi connectivity index (χ0) is 18.8. The van der Waals surface area contributed by atoms with Crippen molar-refractivity contribution >= 4 is 17.7 Å². The van der Waals surface area contributed by atoms with Gasteiger partial charge in [-0.3, -0.25) is 0 Å². The van der Waals surface area contributed by atoms with Gasteiger partial charge in [0.05, 0.1) is 6.10 Å². The number of aliphatic carboxylic acids is 1. The first-order chi connectivity index (χ1) is 12.6. The second kappa shape index (κ2) is 11.2. The quantitative estimate of drug-likeness (QED) is 0.452. The van der Waals surface area contributed by atoms with E-state index in [2.05, 4.69) is 25.1 Å². The van der Waals surface area contributed by atoms with Crippen molar-refractivity contribution < 1.29 is 15.0 Å². The normalized spacial score (nSPS) is 22.8. The summed E-state index contributed by atoms with van der Waals surface area (Å²) in [6, 6.07) is 10.2. The molecule has 1 aliphatic heterocycles. The third-order valence-electron chi connectivity index (χ3n) is 5.20. The van der Waals surface area contributed by atoms with Gasteiger partial charge in [0, 0.05) is 12.0 Å². The van der Waals surface area contributed by atoms with Crippen LogP contribution in [-0.2, 0) is 4.79 Å². The summed E-state index contributed by atoms with van der Waals surface area (Å²) in [7, 11) is 0. The van der Waals surface area contributed by atoms with Gasteiger partial charge in [-0.25, -0.2) is 4.79 Å². The number of rotatable bonds is 10. The van der Waals surface area contributed by atoms with E-state index < -0.39 is 5.97 Å². The molecule has 0 aliphatic carbocycles. The van der Waals surface area contributed by atoms with Gasteiger partial charge in [-0.1, -0.05) is 55.5 Å². The molecule has 0 saturated carbocycles. The predicted octanol–water partition coefficient (Wildman–Crippen LogP) is 4.89. The standard InChI is InChI=1S/C22H30O3S/c1-17(18-9-6-4-7-10-18)21(23)14-13-20-16-26-15-19(20)11-5-2-3-8-12-22(24)25/h2,4-10,12,17,19-21,23H,3,11,13-16H2,1H3,(H,24,25)/t17?,19-,20+,21?/m1/s1. The molecule has 1 heterocycles. The average molecular weight is 375 g/mol. The molecule has 1 saturated heterocycles. The number of carbonyl (C=O) groups is 1. The van der Waals surface area contributed by atoms with Crippen LogP contribution in [-0.4, -0.2) is 33.8 Å². The largest absolute Gasteiger partial charge is 0.478 e. The molecule has 0 bridgehead atoms. The highest BCUT2D eigenvalue weighted by Crippen LogP contribution is 2.36. The number of hydrogen-bond donors (Lipinski definition) is 2. The Morgan fingerprint density at radius 2 is 1.92 bits per heavy atom. The van der Waals surface area contributed by atoms with Gasteiger partial charge >= 0.3 is 5.97 Å². The van der Waals surface area contributed by atoms with Crippen LogP contribution < -0.4 is 0 Å². The molecule has 2 unspecified atom stereocenters. The second-order valence-electron chi connectivity index (χ2n) is 7.09. The van der Waals surface area contributed by atoms with Gasteiger partial charge in [0.15, 0.2) is 0 Å². The Balaban J connectivity index is 1.74. The van der Waals surface area contributed by atoms with E-state index in [1.807, 2.05) is 36.0 Å². The van der Waals surface area contributed by atoms with Gasteiger partial charge in [0.25, 0.3) is 0 Å². The molecule has 1 aromatic carbocycles. The van der Waals surface area contributed by atoms with Crippen LogP contribution in [0.25, 0.3) is 0 Å². The first kappa shape index (κ1) is 20.8. The number of benzene rings is 1. The van der Waals surface area contributed by atoms with E-state index in [0.29, 0.717) is 18.3 Å². The van der Waals surface area contributed by atoms with Crippen molar-refractivity contribution in [1.29, 1.82) is 0 Å². The highest BCUT2D eigenvalue weighted by molar-refractivity contribution is 7.99. The summed E-state index contributed by atoms with van der Waals surface area (Å²) in [6.07, 6.45) is 10.4. The van der Waals surface area contributed by atoms with Crippen molar-refractivity contribution in [2.75, 3.05) is 11.5 Å². The number of allylic oxidation sites excluding steroid dienone is 3. The Bertz CT molecular complexity index is 597. The lowest BCUT2D eigenvalue weighted by Crippen LogP contribution is -2.19. The summed E-state index contributed by atoms with van der Waals surface area (Å²) in [5, 5.41) is 19.1. The molecule has 1 aliphatic rings. The minimum atomic E-state index is -0.894. The van der Waals surface area contributed by atoms with Crippen molar-refractivity contribution in [2.24, 2.45) is 11.8 Å². The van der Waals surface area contributed by atoms with Gasteiger partial charge in [0.2, 0.25) is 0 Å². The highest BCUT2D eigenvalue weighted by Gasteiger charge is 2.28. The van der Waals surface area contributed by atoms with Crippen LogP contribution in [0, 0.1) is 11.8 Å². The third-order valence-corrected chi connectivity index (χ3v) is 6.53. The number of aliphatic hydroxyl groups is 1. The lowest BCUT2D eigenvalue weighted by Gasteiger charge is -2.23. The van der Waals surface area contributed by atoms with Crippen LogP contribution >= 0.6 is 11.8 Å². The molecule has 4 heteroatoms. The zero-order valence-electron chi connectivity index (χ0n) is 15.5. The molecule has 4 atom stereocenters. The number of thioether (sulfide) groups is 1. The van der Waals surface area contributed by atoms with Crippen LogP contribution in [0.1, 0.15) is 44.1 Å². The average Bonchev–Trinajstić information content (AvgIpc) is 3.09. The van der Waals surface area contributed by atoms with Crippen LogP contribution in [0.4, 0.5) is 0 Å². The number of aliphatic hydroxyl groups excluding tert-OH is 1. The van der Waals surface area contributed by atoms with E-state index in [-0.39, 0.29) is 12.0 Å². The van der Waals surface area contributed by atoms with Gasteiger partial charge < -0.3 is 10.2 Å². The molecular weight excluding hydrogens is 344 g/mol. The fraction of sp³-hybridized carbons (Fsp3) is 0.500. The van der Waals surface area contributed by atoms with Crippen LogP contribution in [0.3, 0.4) is 0 Å². The third kappa shape index (κ3) is 7.00. The monoisotopic (exact) mass is 374 g/mol. The summed E-state index contributed by atoms with van der Waals surface area (Å²) in [5.41, 5.74) is 1.20. The predicted molar refractivity (Wildman–Crippen MR) is 110 cm³/mol. The maximum absolute atomic E-state index is 10.6. The maximum atomic E-state index is 10.6. The van der Waals surface area contributed by atoms with Gasteiger partial charge in [-0.2, -0.15) is 11.8 Å². The zero-order valence-corrected chi connectivity index (χ0v) is 16.3. The fourth-order valence-corrected chi connectivity index (χ4v) is 5.04. The Labute approximate surface area is 161 Å². The van der Waals surface area contributed by atoms with E-state index in [4.69, 9.17) is 5.11 Å². The number of carboxylic acid groups (broad SMARTS) is 1. The summed E-state index contributed by atoms with van der Waals surface area (Å²) in [5.74, 6) is 2.98. The van der Waals surface area contributed by atoms with E-state index >= 15 is 0 Å². The Kier molecular flexibility index (Phi) is 8.99. The van der Waals surface area contributed by atoms with Gasteiger partial charge in [-0.15, -0.1) is 0 Å². The molecule has 142 valence electrons. The van der Waals surface area contributed by atoms with Crippen LogP contribution in [0.5, 0.6) is 0 Å². The van der Waals surface area contributed by atoms with E-state index in [0.717, 1.165) is 19.3 Å².